The number of aryl methyl sites for hydroxylation is 5. The van der Waals surface area contributed by atoms with Gasteiger partial charge in [0.05, 0.1) is 56.7 Å². The van der Waals surface area contributed by atoms with E-state index in [1.807, 2.05) is 19.1 Å². The molecule has 0 radical (unpaired) electrons. The summed E-state index contributed by atoms with van der Waals surface area (Å²) in [5.41, 5.74) is 23.6. The van der Waals surface area contributed by atoms with Crippen molar-refractivity contribution in [2.45, 2.75) is 34.6 Å². The Kier molecular flexibility index (Phi) is 10.4. The Morgan fingerprint density at radius 1 is 0.296 bits per heavy atom. The first-order valence-corrected chi connectivity index (χ1v) is 24.2. The standard InChI is InChI=1S/C67H48N4/c1-41-10-6-14-47(27-41)51-18-22-62-58(33-51)59-34-52(48-15-7-11-42(2)28-48)19-23-63(59)70(62)66-37-56(40-69)57(55-31-45(5)26-46(32-55)39-68)38-67(66)71-64-24-20-53(49-16-8-12-43(3)29-49)35-60(64)61-36-54(21-25-65(61)71)50-17-9-13-44(4)30-50/h6-38H,1-5H3. The summed E-state index contributed by atoms with van der Waals surface area (Å²) in [4.78, 5) is 0. The Labute approximate surface area is 414 Å². The van der Waals surface area contributed by atoms with Crippen molar-refractivity contribution in [3.63, 3.8) is 0 Å². The zero-order chi connectivity index (χ0) is 48.5. The van der Waals surface area contributed by atoms with Crippen molar-refractivity contribution in [1.29, 1.82) is 10.5 Å². The van der Waals surface area contributed by atoms with Crippen LogP contribution in [0.25, 0.3) is 111 Å². The summed E-state index contributed by atoms with van der Waals surface area (Å²) >= 11 is 0. The van der Waals surface area contributed by atoms with E-state index in [0.717, 1.165) is 116 Å². The van der Waals surface area contributed by atoms with E-state index in [1.165, 1.54) is 22.3 Å². The monoisotopic (exact) mass is 908 g/mol. The second-order valence-electron chi connectivity index (χ2n) is 19.3. The number of benzene rings is 10. The van der Waals surface area contributed by atoms with E-state index in [0.29, 0.717) is 11.1 Å². The van der Waals surface area contributed by atoms with Crippen LogP contribution in [0.2, 0.25) is 0 Å². The molecule has 0 N–H and O–H groups in total. The van der Waals surface area contributed by atoms with Crippen LogP contribution in [0.15, 0.2) is 200 Å². The molecule has 4 heteroatoms. The Hall–Kier alpha value is -9.22. The second-order valence-corrected chi connectivity index (χ2v) is 19.3. The van der Waals surface area contributed by atoms with Crippen LogP contribution in [0.3, 0.4) is 0 Å². The van der Waals surface area contributed by atoms with Gasteiger partial charge in [0.25, 0.3) is 0 Å². The smallest absolute Gasteiger partial charge is 0.0998 e. The second kappa shape index (κ2) is 17.1. The van der Waals surface area contributed by atoms with Crippen molar-refractivity contribution < 1.29 is 0 Å². The molecule has 336 valence electrons. The lowest BCUT2D eigenvalue weighted by atomic mass is 9.95. The first kappa shape index (κ1) is 43.1. The molecule has 2 heterocycles. The molecule has 0 aliphatic carbocycles. The molecular formula is C67H48N4. The lowest BCUT2D eigenvalue weighted by Crippen LogP contribution is -2.05. The third kappa shape index (κ3) is 7.55. The minimum absolute atomic E-state index is 0.519. The van der Waals surface area contributed by atoms with Gasteiger partial charge >= 0.3 is 0 Å². The van der Waals surface area contributed by atoms with Gasteiger partial charge in [0, 0.05) is 27.1 Å². The summed E-state index contributed by atoms with van der Waals surface area (Å²) in [6, 6.07) is 77.2. The number of rotatable bonds is 7. The minimum Gasteiger partial charge on any atom is -0.307 e. The Balaban J connectivity index is 1.21. The molecule has 0 atom stereocenters. The van der Waals surface area contributed by atoms with Crippen LogP contribution in [0.1, 0.15) is 38.9 Å². The fourth-order valence-electron chi connectivity index (χ4n) is 10.9. The summed E-state index contributed by atoms with van der Waals surface area (Å²) in [5.74, 6) is 0. The maximum Gasteiger partial charge on any atom is 0.0998 e. The van der Waals surface area contributed by atoms with Crippen LogP contribution in [-0.2, 0) is 0 Å². The van der Waals surface area contributed by atoms with Crippen molar-refractivity contribution in [2.75, 3.05) is 0 Å². The lowest BCUT2D eigenvalue weighted by molar-refractivity contribution is 1.09. The van der Waals surface area contributed by atoms with Crippen molar-refractivity contribution in [3.8, 4) is 79.1 Å². The maximum atomic E-state index is 11.2. The fourth-order valence-corrected chi connectivity index (χ4v) is 10.9. The van der Waals surface area contributed by atoms with Crippen LogP contribution < -0.4 is 0 Å². The van der Waals surface area contributed by atoms with Gasteiger partial charge in [-0.2, -0.15) is 10.5 Å². The van der Waals surface area contributed by atoms with Gasteiger partial charge in [-0.05, 0) is 163 Å². The molecule has 0 unspecified atom stereocenters. The number of fused-ring (bicyclic) bond motifs is 6. The highest BCUT2D eigenvalue weighted by Gasteiger charge is 2.24. The summed E-state index contributed by atoms with van der Waals surface area (Å²) < 4.78 is 4.76. The molecule has 0 spiro atoms. The lowest BCUT2D eigenvalue weighted by Gasteiger charge is -2.20. The molecule has 0 aliphatic rings. The van der Waals surface area contributed by atoms with Gasteiger partial charge in [-0.25, -0.2) is 0 Å². The Morgan fingerprint density at radius 2 is 0.634 bits per heavy atom. The summed E-state index contributed by atoms with van der Waals surface area (Å²) in [6.07, 6.45) is 0. The molecule has 10 aromatic carbocycles. The van der Waals surface area contributed by atoms with Crippen molar-refractivity contribution in [1.82, 2.24) is 9.13 Å². The van der Waals surface area contributed by atoms with Gasteiger partial charge in [0.1, 0.15) is 0 Å². The molecule has 4 nitrogen and oxygen atoms in total. The van der Waals surface area contributed by atoms with Gasteiger partial charge in [0.2, 0.25) is 0 Å². The molecule has 0 amide bonds. The van der Waals surface area contributed by atoms with Crippen molar-refractivity contribution in [2.24, 2.45) is 0 Å². The van der Waals surface area contributed by atoms with E-state index < -0.39 is 0 Å². The first-order chi connectivity index (χ1) is 34.6. The zero-order valence-corrected chi connectivity index (χ0v) is 40.3. The van der Waals surface area contributed by atoms with Gasteiger partial charge in [-0.1, -0.05) is 150 Å². The molecule has 0 saturated heterocycles. The highest BCUT2D eigenvalue weighted by atomic mass is 15.1. The van der Waals surface area contributed by atoms with Gasteiger partial charge in [0.15, 0.2) is 0 Å². The first-order valence-electron chi connectivity index (χ1n) is 24.2. The average molecular weight is 909 g/mol. The van der Waals surface area contributed by atoms with Crippen molar-refractivity contribution >= 4 is 43.6 Å². The Bertz CT molecular complexity index is 4050. The van der Waals surface area contributed by atoms with E-state index in [9.17, 15) is 10.5 Å². The minimum atomic E-state index is 0.519. The third-order valence-electron chi connectivity index (χ3n) is 14.2. The molecule has 2 aromatic heterocycles. The number of hydrogen-bond donors (Lipinski definition) is 0. The van der Waals surface area contributed by atoms with E-state index in [-0.39, 0.29) is 0 Å². The number of nitrogens with zero attached hydrogens (tertiary/aromatic N) is 4. The molecule has 0 aliphatic heterocycles. The number of hydrogen-bond acceptors (Lipinski definition) is 2. The van der Waals surface area contributed by atoms with Gasteiger partial charge < -0.3 is 9.13 Å². The topological polar surface area (TPSA) is 57.4 Å². The summed E-state index contributed by atoms with van der Waals surface area (Å²) in [6.45, 7) is 10.6. The Morgan fingerprint density at radius 3 is 0.972 bits per heavy atom. The van der Waals surface area contributed by atoms with Crippen LogP contribution in [0.5, 0.6) is 0 Å². The normalized spacial score (nSPS) is 11.4. The SMILES string of the molecule is Cc1cccc(-c2ccc3c(c2)c2cc(-c4cccc(C)c4)ccc2n3-c2cc(C#N)c(-c3cc(C)cc(C#N)c3)cc2-n2c3ccc(-c4cccc(C)c4)cc3c3cc(-c4cccc(C)c4)ccc32)c1. The predicted octanol–water partition coefficient (Wildman–Crippen LogP) is 17.5. The van der Waals surface area contributed by atoms with E-state index in [2.05, 4.69) is 237 Å². The largest absolute Gasteiger partial charge is 0.307 e. The highest BCUT2D eigenvalue weighted by molar-refractivity contribution is 6.14. The van der Waals surface area contributed by atoms with Crippen LogP contribution in [0, 0.1) is 57.3 Å². The van der Waals surface area contributed by atoms with Crippen LogP contribution in [-0.4, -0.2) is 9.13 Å². The zero-order valence-electron chi connectivity index (χ0n) is 40.3. The molecule has 12 aromatic rings. The van der Waals surface area contributed by atoms with Crippen LogP contribution in [0.4, 0.5) is 0 Å². The highest BCUT2D eigenvalue weighted by Crippen LogP contribution is 2.44. The van der Waals surface area contributed by atoms with Crippen molar-refractivity contribution in [3.05, 3.63) is 239 Å². The number of aromatic nitrogens is 2. The predicted molar refractivity (Wildman–Crippen MR) is 295 cm³/mol. The van der Waals surface area contributed by atoms with E-state index in [1.54, 1.807) is 0 Å². The molecule has 71 heavy (non-hydrogen) atoms. The molecular weight excluding hydrogens is 861 g/mol. The van der Waals surface area contributed by atoms with E-state index in [4.69, 9.17) is 0 Å². The summed E-state index contributed by atoms with van der Waals surface area (Å²) in [5, 5.41) is 25.9. The molecule has 0 fully saturated rings. The maximum absolute atomic E-state index is 11.2. The van der Waals surface area contributed by atoms with Gasteiger partial charge in [-0.3, -0.25) is 0 Å². The summed E-state index contributed by atoms with van der Waals surface area (Å²) in [7, 11) is 0. The van der Waals surface area contributed by atoms with E-state index >= 15 is 0 Å². The fraction of sp³-hybridized carbons (Fsp3) is 0.0746. The quantitative estimate of drug-likeness (QED) is 0.160. The number of nitriles is 2. The molecule has 0 bridgehead atoms. The van der Waals surface area contributed by atoms with Gasteiger partial charge in [-0.15, -0.1) is 0 Å². The average Bonchev–Trinajstić information content (AvgIpc) is 3.89. The molecule has 12 rings (SSSR count). The molecule has 0 saturated carbocycles. The third-order valence-corrected chi connectivity index (χ3v) is 14.2. The van der Waals surface area contributed by atoms with Crippen LogP contribution >= 0.6 is 0 Å².